The SMILES string of the molecule is CCCCC1(CCCC)C=CCC=CC(CCCC)(CCCC)C1(CCCC)CCCC. The van der Waals surface area contributed by atoms with E-state index in [1.807, 2.05) is 0 Å². The maximum atomic E-state index is 2.81. The topological polar surface area (TPSA) is 0 Å². The number of unbranched alkanes of at least 4 members (excludes halogenated alkanes) is 6. The number of hydrogen-bond donors (Lipinski definition) is 0. The molecule has 0 saturated heterocycles. The fourth-order valence-electron chi connectivity index (χ4n) is 7.07. The largest absolute Gasteiger partial charge is 0.0842 e. The Morgan fingerprint density at radius 2 is 0.719 bits per heavy atom. The summed E-state index contributed by atoms with van der Waals surface area (Å²) in [6.07, 6.45) is 36.6. The van der Waals surface area contributed by atoms with Crippen molar-refractivity contribution in [3.8, 4) is 0 Å². The predicted molar refractivity (Wildman–Crippen MR) is 147 cm³/mol. The second-order valence-electron chi connectivity index (χ2n) is 11.1. The first kappa shape index (κ1) is 29.5. The van der Waals surface area contributed by atoms with Crippen LogP contribution >= 0.6 is 0 Å². The van der Waals surface area contributed by atoms with Crippen LogP contribution in [0.5, 0.6) is 0 Å². The van der Waals surface area contributed by atoms with Gasteiger partial charge < -0.3 is 0 Å². The summed E-state index contributed by atoms with van der Waals surface area (Å²) in [5.74, 6) is 0. The Balaban J connectivity index is 3.85. The second-order valence-corrected chi connectivity index (χ2v) is 11.1. The molecule has 0 bridgehead atoms. The molecule has 0 fully saturated rings. The highest BCUT2D eigenvalue weighted by Gasteiger charge is 2.58. The maximum absolute atomic E-state index is 2.81. The summed E-state index contributed by atoms with van der Waals surface area (Å²) in [6.45, 7) is 14.5. The molecule has 1 aliphatic carbocycles. The summed E-state index contributed by atoms with van der Waals surface area (Å²) < 4.78 is 0. The Bertz CT molecular complexity index is 446. The zero-order valence-electron chi connectivity index (χ0n) is 23.2. The molecule has 188 valence electrons. The van der Waals surface area contributed by atoms with Gasteiger partial charge in [0.25, 0.3) is 0 Å². The lowest BCUT2D eigenvalue weighted by atomic mass is 9.42. The van der Waals surface area contributed by atoms with Gasteiger partial charge in [0.1, 0.15) is 0 Å². The van der Waals surface area contributed by atoms with Gasteiger partial charge in [0, 0.05) is 0 Å². The zero-order chi connectivity index (χ0) is 23.8. The minimum absolute atomic E-state index is 0.371. The summed E-state index contributed by atoms with van der Waals surface area (Å²) in [6, 6.07) is 0. The van der Waals surface area contributed by atoms with Crippen molar-refractivity contribution in [3.63, 3.8) is 0 Å². The van der Waals surface area contributed by atoms with Gasteiger partial charge >= 0.3 is 0 Å². The Hall–Kier alpha value is -0.520. The normalized spacial score (nSPS) is 19.1. The molecule has 0 unspecified atom stereocenters. The van der Waals surface area contributed by atoms with E-state index < -0.39 is 0 Å². The van der Waals surface area contributed by atoms with E-state index in [1.54, 1.807) is 0 Å². The van der Waals surface area contributed by atoms with Gasteiger partial charge in [-0.1, -0.05) is 143 Å². The van der Waals surface area contributed by atoms with Crippen molar-refractivity contribution in [1.82, 2.24) is 0 Å². The van der Waals surface area contributed by atoms with Gasteiger partial charge in [-0.05, 0) is 61.2 Å². The van der Waals surface area contributed by atoms with Gasteiger partial charge in [0.05, 0.1) is 0 Å². The van der Waals surface area contributed by atoms with Crippen LogP contribution in [0.2, 0.25) is 0 Å². The smallest absolute Gasteiger partial charge is 0.00534 e. The number of allylic oxidation sites excluding steroid dienone is 4. The first-order chi connectivity index (χ1) is 15.6. The van der Waals surface area contributed by atoms with Gasteiger partial charge in [0.15, 0.2) is 0 Å². The van der Waals surface area contributed by atoms with E-state index in [4.69, 9.17) is 0 Å². The molecule has 0 heteroatoms. The van der Waals surface area contributed by atoms with E-state index in [-0.39, 0.29) is 0 Å². The van der Waals surface area contributed by atoms with E-state index in [1.165, 1.54) is 116 Å². The Morgan fingerprint density at radius 3 is 1.00 bits per heavy atom. The quantitative estimate of drug-likeness (QED) is 0.184. The van der Waals surface area contributed by atoms with Crippen LogP contribution in [0.3, 0.4) is 0 Å². The third-order valence-corrected chi connectivity index (χ3v) is 8.87. The third kappa shape index (κ3) is 7.24. The van der Waals surface area contributed by atoms with Crippen molar-refractivity contribution < 1.29 is 0 Å². The van der Waals surface area contributed by atoms with Crippen molar-refractivity contribution in [2.45, 2.75) is 164 Å². The van der Waals surface area contributed by atoms with Crippen LogP contribution in [0, 0.1) is 16.2 Å². The van der Waals surface area contributed by atoms with Crippen LogP contribution in [0.25, 0.3) is 0 Å². The zero-order valence-corrected chi connectivity index (χ0v) is 23.2. The predicted octanol–water partition coefficient (Wildman–Crippen LogP) is 11.6. The van der Waals surface area contributed by atoms with Crippen molar-refractivity contribution in [1.29, 1.82) is 0 Å². The fourth-order valence-corrected chi connectivity index (χ4v) is 7.07. The van der Waals surface area contributed by atoms with Crippen LogP contribution in [-0.2, 0) is 0 Å². The minimum atomic E-state index is 0.371. The average Bonchev–Trinajstić information content (AvgIpc) is 2.81. The summed E-state index contributed by atoms with van der Waals surface area (Å²) in [5, 5.41) is 0. The molecule has 0 amide bonds. The lowest BCUT2D eigenvalue weighted by molar-refractivity contribution is -0.0795. The molecule has 0 aromatic carbocycles. The van der Waals surface area contributed by atoms with Crippen molar-refractivity contribution in [3.05, 3.63) is 24.3 Å². The lowest BCUT2D eigenvalue weighted by Gasteiger charge is -2.61. The molecule has 1 aliphatic rings. The van der Waals surface area contributed by atoms with Crippen LogP contribution in [0.1, 0.15) is 164 Å². The molecule has 0 aliphatic heterocycles. The first-order valence-electron chi connectivity index (χ1n) is 14.9. The van der Waals surface area contributed by atoms with Crippen LogP contribution < -0.4 is 0 Å². The third-order valence-electron chi connectivity index (χ3n) is 8.87. The van der Waals surface area contributed by atoms with Crippen LogP contribution in [0.15, 0.2) is 24.3 Å². The van der Waals surface area contributed by atoms with E-state index in [9.17, 15) is 0 Å². The van der Waals surface area contributed by atoms with Crippen LogP contribution in [-0.4, -0.2) is 0 Å². The van der Waals surface area contributed by atoms with Gasteiger partial charge in [-0.2, -0.15) is 0 Å². The fraction of sp³-hybridized carbons (Fsp3) is 0.875. The highest BCUT2D eigenvalue weighted by molar-refractivity contribution is 5.23. The van der Waals surface area contributed by atoms with E-state index in [0.29, 0.717) is 16.2 Å². The first-order valence-corrected chi connectivity index (χ1v) is 14.9. The van der Waals surface area contributed by atoms with Crippen molar-refractivity contribution >= 4 is 0 Å². The molecule has 0 aromatic rings. The van der Waals surface area contributed by atoms with Gasteiger partial charge in [-0.3, -0.25) is 0 Å². The van der Waals surface area contributed by atoms with E-state index >= 15 is 0 Å². The van der Waals surface area contributed by atoms with E-state index in [2.05, 4.69) is 65.8 Å². The average molecular weight is 445 g/mol. The molecule has 0 aromatic heterocycles. The van der Waals surface area contributed by atoms with E-state index in [0.717, 1.165) is 6.42 Å². The summed E-state index contributed by atoms with van der Waals surface area (Å²) >= 11 is 0. The Labute approximate surface area is 204 Å². The number of rotatable bonds is 18. The number of hydrogen-bond acceptors (Lipinski definition) is 0. The summed E-state index contributed by atoms with van der Waals surface area (Å²) in [4.78, 5) is 0. The van der Waals surface area contributed by atoms with Gasteiger partial charge in [-0.15, -0.1) is 0 Å². The summed E-state index contributed by atoms with van der Waals surface area (Å²) in [5.41, 5.74) is 1.15. The molecule has 0 nitrogen and oxygen atoms in total. The van der Waals surface area contributed by atoms with Crippen molar-refractivity contribution in [2.24, 2.45) is 16.2 Å². The minimum Gasteiger partial charge on any atom is -0.0842 e. The van der Waals surface area contributed by atoms with Gasteiger partial charge in [-0.25, -0.2) is 0 Å². The molecule has 0 radical (unpaired) electrons. The van der Waals surface area contributed by atoms with Crippen LogP contribution in [0.4, 0.5) is 0 Å². The maximum Gasteiger partial charge on any atom is -0.00534 e. The second kappa shape index (κ2) is 16.2. The van der Waals surface area contributed by atoms with Gasteiger partial charge in [0.2, 0.25) is 0 Å². The standard InChI is InChI=1S/C32H60/c1-7-13-22-30(23-14-8-2)26-20-19-21-27-31(24-15-9-3,25-16-10-4)32(30,28-17-11-5)29-18-12-6/h20-21,26-27H,7-19,22-25,28-29H2,1-6H3. The molecular weight excluding hydrogens is 384 g/mol. The monoisotopic (exact) mass is 444 g/mol. The Morgan fingerprint density at radius 1 is 0.438 bits per heavy atom. The molecule has 0 saturated carbocycles. The molecule has 0 spiro atoms. The molecular formula is C32H60. The highest BCUT2D eigenvalue weighted by Crippen LogP contribution is 2.67. The highest BCUT2D eigenvalue weighted by atomic mass is 14.6. The van der Waals surface area contributed by atoms with Crippen molar-refractivity contribution in [2.75, 3.05) is 0 Å². The molecule has 0 atom stereocenters. The molecule has 32 heavy (non-hydrogen) atoms. The lowest BCUT2D eigenvalue weighted by Crippen LogP contribution is -2.53. The molecule has 1 rings (SSSR count). The Kier molecular flexibility index (Phi) is 14.9. The molecule has 0 N–H and O–H groups in total. The summed E-state index contributed by atoms with van der Waals surface area (Å²) in [7, 11) is 0. The molecule has 0 heterocycles.